The molecule has 2 aromatic carbocycles. The summed E-state index contributed by atoms with van der Waals surface area (Å²) in [5.41, 5.74) is 2.20. The van der Waals surface area contributed by atoms with Gasteiger partial charge in [0.2, 0.25) is 5.13 Å². The average Bonchev–Trinajstić information content (AvgIpc) is 3.34. The smallest absolute Gasteiger partial charge is 0.301 e. The van der Waals surface area contributed by atoms with E-state index < -0.39 is 17.7 Å². The number of Topliss-reactive ketones (excluding diaryl/α,β-unsaturated/α-hetero) is 1. The highest BCUT2D eigenvalue weighted by Gasteiger charge is 2.48. The van der Waals surface area contributed by atoms with E-state index >= 15 is 0 Å². The molecule has 4 rings (SSSR count). The standard InChI is InChI=1S/C26H27N3O4S/c1-6-33-19-13-9-17(10-14-19)22(30)20-21(16-7-11-18(12-8-16)26(3,4)5)29(24(32)23(20)31)25-28-27-15(2)34-25/h7-14,21,30H,6H2,1-5H3/t21-/m0/s1. The summed E-state index contributed by atoms with van der Waals surface area (Å²) in [5, 5.41) is 20.3. The molecule has 0 spiro atoms. The second kappa shape index (κ2) is 9.02. The van der Waals surface area contributed by atoms with Crippen molar-refractivity contribution in [3.8, 4) is 5.75 Å². The topological polar surface area (TPSA) is 92.6 Å². The maximum atomic E-state index is 13.2. The number of benzene rings is 2. The van der Waals surface area contributed by atoms with E-state index in [1.54, 1.807) is 31.2 Å². The number of anilines is 1. The van der Waals surface area contributed by atoms with Gasteiger partial charge in [-0.3, -0.25) is 14.5 Å². The van der Waals surface area contributed by atoms with Gasteiger partial charge in [0.1, 0.15) is 16.5 Å². The number of amides is 1. The van der Waals surface area contributed by atoms with Gasteiger partial charge >= 0.3 is 5.91 Å². The van der Waals surface area contributed by atoms with Crippen LogP contribution in [0.5, 0.6) is 5.75 Å². The number of aliphatic hydroxyl groups is 1. The molecule has 34 heavy (non-hydrogen) atoms. The molecule has 1 atom stereocenters. The molecule has 3 aromatic rings. The van der Waals surface area contributed by atoms with Crippen LogP contribution in [0.1, 0.15) is 55.4 Å². The number of rotatable bonds is 5. The fourth-order valence-electron chi connectivity index (χ4n) is 3.93. The van der Waals surface area contributed by atoms with Gasteiger partial charge in [-0.2, -0.15) is 0 Å². The Kier molecular flexibility index (Phi) is 6.27. The molecular weight excluding hydrogens is 450 g/mol. The molecule has 1 N–H and O–H groups in total. The van der Waals surface area contributed by atoms with Crippen molar-refractivity contribution in [1.29, 1.82) is 0 Å². The molecule has 0 unspecified atom stereocenters. The van der Waals surface area contributed by atoms with E-state index in [1.165, 1.54) is 16.2 Å². The van der Waals surface area contributed by atoms with Gasteiger partial charge in [0, 0.05) is 5.56 Å². The second-order valence-corrected chi connectivity index (χ2v) is 10.3. The predicted octanol–water partition coefficient (Wildman–Crippen LogP) is 5.17. The maximum absolute atomic E-state index is 13.2. The number of nitrogens with zero attached hydrogens (tertiary/aromatic N) is 3. The Hall–Kier alpha value is -3.52. The highest BCUT2D eigenvalue weighted by Crippen LogP contribution is 2.43. The molecule has 0 radical (unpaired) electrons. The van der Waals surface area contributed by atoms with Crippen LogP contribution in [0, 0.1) is 6.92 Å². The lowest BCUT2D eigenvalue weighted by molar-refractivity contribution is -0.132. The second-order valence-electron chi connectivity index (χ2n) is 9.10. The zero-order chi connectivity index (χ0) is 24.6. The van der Waals surface area contributed by atoms with Gasteiger partial charge in [-0.25, -0.2) is 0 Å². The SMILES string of the molecule is CCOc1ccc(C(O)=C2C(=O)C(=O)N(c3nnc(C)s3)[C@H]2c2ccc(C(C)(C)C)cc2)cc1. The lowest BCUT2D eigenvalue weighted by Gasteiger charge is -2.24. The Morgan fingerprint density at radius 3 is 2.24 bits per heavy atom. The van der Waals surface area contributed by atoms with Crippen LogP contribution < -0.4 is 9.64 Å². The van der Waals surface area contributed by atoms with Crippen LogP contribution >= 0.6 is 11.3 Å². The van der Waals surface area contributed by atoms with E-state index in [1.807, 2.05) is 31.2 Å². The van der Waals surface area contributed by atoms with Crippen LogP contribution in [0.15, 0.2) is 54.1 Å². The molecule has 1 fully saturated rings. The molecule has 0 bridgehead atoms. The number of aliphatic hydroxyl groups excluding tert-OH is 1. The van der Waals surface area contributed by atoms with Gasteiger partial charge in [-0.1, -0.05) is 56.4 Å². The number of aryl methyl sites for hydroxylation is 1. The number of carbonyl (C=O) groups is 2. The first-order valence-corrected chi connectivity index (χ1v) is 11.9. The zero-order valence-electron chi connectivity index (χ0n) is 19.8. The molecule has 1 saturated heterocycles. The van der Waals surface area contributed by atoms with Gasteiger partial charge in [0.15, 0.2) is 0 Å². The Labute approximate surface area is 202 Å². The fourth-order valence-corrected chi connectivity index (χ4v) is 4.64. The number of carbonyl (C=O) groups excluding carboxylic acids is 2. The molecule has 1 aromatic heterocycles. The summed E-state index contributed by atoms with van der Waals surface area (Å²) < 4.78 is 5.47. The number of hydrogen-bond donors (Lipinski definition) is 1. The van der Waals surface area contributed by atoms with E-state index in [2.05, 4.69) is 31.0 Å². The van der Waals surface area contributed by atoms with Gasteiger partial charge in [-0.15, -0.1) is 10.2 Å². The van der Waals surface area contributed by atoms with Crippen molar-refractivity contribution in [3.63, 3.8) is 0 Å². The first-order valence-electron chi connectivity index (χ1n) is 11.1. The van der Waals surface area contributed by atoms with E-state index in [0.29, 0.717) is 33.6 Å². The third kappa shape index (κ3) is 4.33. The lowest BCUT2D eigenvalue weighted by atomic mass is 9.85. The molecule has 2 heterocycles. The number of ketones is 1. The maximum Gasteiger partial charge on any atom is 0.301 e. The monoisotopic (exact) mass is 477 g/mol. The average molecular weight is 478 g/mol. The number of hydrogen-bond acceptors (Lipinski definition) is 7. The highest BCUT2D eigenvalue weighted by molar-refractivity contribution is 7.15. The van der Waals surface area contributed by atoms with Crippen molar-refractivity contribution in [2.75, 3.05) is 11.5 Å². The summed E-state index contributed by atoms with van der Waals surface area (Å²) in [4.78, 5) is 27.7. The Bertz CT molecular complexity index is 1250. The van der Waals surface area contributed by atoms with Crippen molar-refractivity contribution in [2.24, 2.45) is 0 Å². The van der Waals surface area contributed by atoms with Crippen molar-refractivity contribution < 1.29 is 19.4 Å². The van der Waals surface area contributed by atoms with Crippen LogP contribution in [0.3, 0.4) is 0 Å². The summed E-state index contributed by atoms with van der Waals surface area (Å²) in [6, 6.07) is 13.7. The molecule has 176 valence electrons. The zero-order valence-corrected chi connectivity index (χ0v) is 20.6. The summed E-state index contributed by atoms with van der Waals surface area (Å²) in [5.74, 6) is -1.09. The first kappa shape index (κ1) is 23.6. The van der Waals surface area contributed by atoms with Gasteiger partial charge in [0.05, 0.1) is 18.2 Å². The highest BCUT2D eigenvalue weighted by atomic mass is 32.1. The van der Waals surface area contributed by atoms with E-state index in [4.69, 9.17) is 4.74 Å². The van der Waals surface area contributed by atoms with Crippen LogP contribution in [0.4, 0.5) is 5.13 Å². The summed E-state index contributed by atoms with van der Waals surface area (Å²) in [6.07, 6.45) is 0. The fraction of sp³-hybridized carbons (Fsp3) is 0.308. The number of ether oxygens (including phenoxy) is 1. The molecular formula is C26H27N3O4S. The van der Waals surface area contributed by atoms with Crippen LogP contribution in [0.2, 0.25) is 0 Å². The Morgan fingerprint density at radius 2 is 1.71 bits per heavy atom. The number of aromatic nitrogens is 2. The predicted molar refractivity (Wildman–Crippen MR) is 132 cm³/mol. The summed E-state index contributed by atoms with van der Waals surface area (Å²) >= 11 is 1.22. The van der Waals surface area contributed by atoms with Crippen LogP contribution in [0.25, 0.3) is 5.76 Å². The molecule has 1 aliphatic heterocycles. The molecule has 1 aliphatic rings. The van der Waals surface area contributed by atoms with Gasteiger partial charge in [0.25, 0.3) is 5.78 Å². The first-order chi connectivity index (χ1) is 16.1. The molecule has 0 aliphatic carbocycles. The van der Waals surface area contributed by atoms with Gasteiger partial charge < -0.3 is 9.84 Å². The van der Waals surface area contributed by atoms with Crippen molar-refractivity contribution in [2.45, 2.75) is 46.1 Å². The van der Waals surface area contributed by atoms with E-state index in [0.717, 1.165) is 5.56 Å². The van der Waals surface area contributed by atoms with Crippen molar-refractivity contribution in [3.05, 3.63) is 75.8 Å². The Balaban J connectivity index is 1.87. The minimum absolute atomic E-state index is 0.0190. The minimum atomic E-state index is -0.826. The van der Waals surface area contributed by atoms with Gasteiger partial charge in [-0.05, 0) is 54.7 Å². The third-order valence-corrected chi connectivity index (χ3v) is 6.54. The van der Waals surface area contributed by atoms with E-state index in [9.17, 15) is 14.7 Å². The quantitative estimate of drug-likeness (QED) is 0.310. The molecule has 1 amide bonds. The minimum Gasteiger partial charge on any atom is -0.507 e. The summed E-state index contributed by atoms with van der Waals surface area (Å²) in [6.45, 7) is 10.5. The normalized spacial score (nSPS) is 17.9. The summed E-state index contributed by atoms with van der Waals surface area (Å²) in [7, 11) is 0. The molecule has 0 saturated carbocycles. The third-order valence-electron chi connectivity index (χ3n) is 5.70. The molecule has 8 heteroatoms. The van der Waals surface area contributed by atoms with Crippen molar-refractivity contribution >= 4 is 33.9 Å². The van der Waals surface area contributed by atoms with Crippen LogP contribution in [-0.2, 0) is 15.0 Å². The lowest BCUT2D eigenvalue weighted by Crippen LogP contribution is -2.29. The largest absolute Gasteiger partial charge is 0.507 e. The van der Waals surface area contributed by atoms with Crippen molar-refractivity contribution in [1.82, 2.24) is 10.2 Å². The van der Waals surface area contributed by atoms with Crippen LogP contribution in [-0.4, -0.2) is 33.6 Å². The molecule has 7 nitrogen and oxygen atoms in total. The Morgan fingerprint density at radius 1 is 1.06 bits per heavy atom. The van der Waals surface area contributed by atoms with E-state index in [-0.39, 0.29) is 16.7 Å².